The lowest BCUT2D eigenvalue weighted by Gasteiger charge is -2.31. The van der Waals surface area contributed by atoms with Gasteiger partial charge in [-0.15, -0.1) is 0 Å². The molecule has 2 heterocycles. The van der Waals surface area contributed by atoms with Crippen molar-refractivity contribution in [1.82, 2.24) is 14.5 Å². The molecule has 1 saturated heterocycles. The molecule has 0 unspecified atom stereocenters. The zero-order valence-electron chi connectivity index (χ0n) is 15.8. The van der Waals surface area contributed by atoms with E-state index < -0.39 is 0 Å². The number of rotatable bonds is 6. The van der Waals surface area contributed by atoms with Gasteiger partial charge in [-0.1, -0.05) is 41.9 Å². The Bertz CT molecular complexity index is 913. The highest BCUT2D eigenvalue weighted by Crippen LogP contribution is 2.23. The number of aromatic nitrogens is 2. The highest BCUT2D eigenvalue weighted by Gasteiger charge is 2.22. The van der Waals surface area contributed by atoms with Gasteiger partial charge in [0, 0.05) is 35.1 Å². The zero-order chi connectivity index (χ0) is 19.3. The summed E-state index contributed by atoms with van der Waals surface area (Å²) in [5, 5.41) is 0.659. The number of ketones is 1. The van der Waals surface area contributed by atoms with Crippen LogP contribution in [0.2, 0.25) is 5.02 Å². The Labute approximate surface area is 170 Å². The van der Waals surface area contributed by atoms with Crippen molar-refractivity contribution in [2.75, 3.05) is 19.6 Å². The summed E-state index contributed by atoms with van der Waals surface area (Å²) in [6, 6.07) is 17.5. The third-order valence-corrected chi connectivity index (χ3v) is 5.69. The van der Waals surface area contributed by atoms with E-state index in [1.54, 1.807) is 12.1 Å². The van der Waals surface area contributed by atoms with Gasteiger partial charge in [0.2, 0.25) is 0 Å². The molecule has 4 rings (SSSR count). The first-order valence-corrected chi connectivity index (χ1v) is 10.1. The average Bonchev–Trinajstić information content (AvgIpc) is 3.19. The molecule has 1 aliphatic heterocycles. The standard InChI is InChI=1S/C23H24ClN3O/c24-21-8-6-19(7-9-21)22(28)17-26-13-10-18(11-14-26)16-27-15-12-25-23(27)20-4-2-1-3-5-20/h1-9,12,15,18H,10-11,13-14,16-17H2. The Morgan fingerprint density at radius 1 is 1.04 bits per heavy atom. The van der Waals surface area contributed by atoms with E-state index in [1.807, 2.05) is 36.5 Å². The molecular formula is C23H24ClN3O. The number of halogens is 1. The van der Waals surface area contributed by atoms with Gasteiger partial charge in [0.25, 0.3) is 0 Å². The highest BCUT2D eigenvalue weighted by molar-refractivity contribution is 6.30. The molecule has 0 saturated carbocycles. The fourth-order valence-electron chi connectivity index (χ4n) is 3.84. The van der Waals surface area contributed by atoms with E-state index in [4.69, 9.17) is 11.6 Å². The van der Waals surface area contributed by atoms with E-state index in [2.05, 4.69) is 32.8 Å². The van der Waals surface area contributed by atoms with Gasteiger partial charge in [-0.2, -0.15) is 0 Å². The Morgan fingerprint density at radius 2 is 1.75 bits per heavy atom. The number of nitrogens with zero attached hydrogens (tertiary/aromatic N) is 3. The van der Waals surface area contributed by atoms with Crippen LogP contribution in [0.4, 0.5) is 0 Å². The molecule has 0 aliphatic carbocycles. The monoisotopic (exact) mass is 393 g/mol. The summed E-state index contributed by atoms with van der Waals surface area (Å²) in [6.07, 6.45) is 6.14. The smallest absolute Gasteiger partial charge is 0.176 e. The van der Waals surface area contributed by atoms with E-state index >= 15 is 0 Å². The van der Waals surface area contributed by atoms with Crippen LogP contribution >= 0.6 is 11.6 Å². The Balaban J connectivity index is 1.31. The van der Waals surface area contributed by atoms with Crippen LogP contribution in [0.3, 0.4) is 0 Å². The summed E-state index contributed by atoms with van der Waals surface area (Å²) >= 11 is 5.90. The lowest BCUT2D eigenvalue weighted by atomic mass is 9.96. The number of carbonyl (C=O) groups is 1. The maximum Gasteiger partial charge on any atom is 0.176 e. The fraction of sp³-hybridized carbons (Fsp3) is 0.304. The van der Waals surface area contributed by atoms with Gasteiger partial charge in [-0.25, -0.2) is 4.98 Å². The van der Waals surface area contributed by atoms with Crippen molar-refractivity contribution in [2.45, 2.75) is 19.4 Å². The molecular weight excluding hydrogens is 370 g/mol. The molecule has 0 bridgehead atoms. The quantitative estimate of drug-likeness (QED) is 0.564. The molecule has 4 nitrogen and oxygen atoms in total. The first kappa shape index (κ1) is 18.9. The third kappa shape index (κ3) is 4.51. The lowest BCUT2D eigenvalue weighted by Crippen LogP contribution is -2.38. The highest BCUT2D eigenvalue weighted by atomic mass is 35.5. The van der Waals surface area contributed by atoms with E-state index in [0.717, 1.165) is 49.4 Å². The molecule has 0 N–H and O–H groups in total. The zero-order valence-corrected chi connectivity index (χ0v) is 16.6. The van der Waals surface area contributed by atoms with Crippen LogP contribution in [0.1, 0.15) is 23.2 Å². The van der Waals surface area contributed by atoms with E-state index in [9.17, 15) is 4.79 Å². The van der Waals surface area contributed by atoms with Gasteiger partial charge in [-0.3, -0.25) is 9.69 Å². The molecule has 0 radical (unpaired) electrons. The minimum absolute atomic E-state index is 0.163. The van der Waals surface area contributed by atoms with Gasteiger partial charge >= 0.3 is 0 Å². The van der Waals surface area contributed by atoms with E-state index in [1.165, 1.54) is 0 Å². The van der Waals surface area contributed by atoms with Gasteiger partial charge in [0.15, 0.2) is 5.78 Å². The number of piperidine rings is 1. The van der Waals surface area contributed by atoms with Crippen LogP contribution in [-0.2, 0) is 6.54 Å². The number of hydrogen-bond acceptors (Lipinski definition) is 3. The molecule has 0 spiro atoms. The largest absolute Gasteiger partial charge is 0.331 e. The van der Waals surface area contributed by atoms with E-state index in [-0.39, 0.29) is 5.78 Å². The van der Waals surface area contributed by atoms with Crippen molar-refractivity contribution in [1.29, 1.82) is 0 Å². The second-order valence-corrected chi connectivity index (χ2v) is 7.86. The van der Waals surface area contributed by atoms with Crippen LogP contribution in [0.25, 0.3) is 11.4 Å². The van der Waals surface area contributed by atoms with Gasteiger partial charge < -0.3 is 4.57 Å². The Hall–Kier alpha value is -2.43. The number of likely N-dealkylation sites (tertiary alicyclic amines) is 1. The van der Waals surface area contributed by atoms with Crippen molar-refractivity contribution in [3.05, 3.63) is 77.6 Å². The summed E-state index contributed by atoms with van der Waals surface area (Å²) in [6.45, 7) is 3.37. The average molecular weight is 394 g/mol. The van der Waals surface area contributed by atoms with E-state index in [0.29, 0.717) is 17.5 Å². The molecule has 2 aromatic carbocycles. The number of benzene rings is 2. The maximum absolute atomic E-state index is 12.5. The van der Waals surface area contributed by atoms with Crippen molar-refractivity contribution < 1.29 is 4.79 Å². The molecule has 144 valence electrons. The van der Waals surface area contributed by atoms with Crippen LogP contribution in [0, 0.1) is 5.92 Å². The number of Topliss-reactive ketones (excluding diaryl/α,β-unsaturated/α-hetero) is 1. The number of carbonyl (C=O) groups excluding carboxylic acids is 1. The molecule has 1 aliphatic rings. The topological polar surface area (TPSA) is 38.1 Å². The van der Waals surface area contributed by atoms with Crippen LogP contribution < -0.4 is 0 Å². The molecule has 0 amide bonds. The Kier molecular flexibility index (Phi) is 5.89. The minimum Gasteiger partial charge on any atom is -0.331 e. The summed E-state index contributed by atoms with van der Waals surface area (Å²) in [5.74, 6) is 1.80. The van der Waals surface area contributed by atoms with Crippen molar-refractivity contribution >= 4 is 17.4 Å². The van der Waals surface area contributed by atoms with Crippen molar-refractivity contribution in [3.8, 4) is 11.4 Å². The second-order valence-electron chi connectivity index (χ2n) is 7.42. The molecule has 3 aromatic rings. The van der Waals surface area contributed by atoms with Crippen LogP contribution in [0.5, 0.6) is 0 Å². The molecule has 1 aromatic heterocycles. The first-order chi connectivity index (χ1) is 13.7. The normalized spacial score (nSPS) is 15.6. The summed E-state index contributed by atoms with van der Waals surface area (Å²) in [4.78, 5) is 19.3. The maximum atomic E-state index is 12.5. The summed E-state index contributed by atoms with van der Waals surface area (Å²) in [5.41, 5.74) is 1.89. The molecule has 28 heavy (non-hydrogen) atoms. The number of hydrogen-bond donors (Lipinski definition) is 0. The fourth-order valence-corrected chi connectivity index (χ4v) is 3.97. The molecule has 0 atom stereocenters. The second kappa shape index (κ2) is 8.72. The Morgan fingerprint density at radius 3 is 2.46 bits per heavy atom. The summed E-state index contributed by atoms with van der Waals surface area (Å²) < 4.78 is 2.26. The third-order valence-electron chi connectivity index (χ3n) is 5.44. The SMILES string of the molecule is O=C(CN1CCC(Cn2ccnc2-c2ccccc2)CC1)c1ccc(Cl)cc1. The first-order valence-electron chi connectivity index (χ1n) is 9.77. The number of imidazole rings is 1. The van der Waals surface area contributed by atoms with Gasteiger partial charge in [-0.05, 0) is 56.1 Å². The van der Waals surface area contributed by atoms with Crippen molar-refractivity contribution in [2.24, 2.45) is 5.92 Å². The summed E-state index contributed by atoms with van der Waals surface area (Å²) in [7, 11) is 0. The predicted octanol–water partition coefficient (Wildman–Crippen LogP) is 4.80. The van der Waals surface area contributed by atoms with Crippen LogP contribution in [-0.4, -0.2) is 39.9 Å². The minimum atomic E-state index is 0.163. The van der Waals surface area contributed by atoms with Gasteiger partial charge in [0.05, 0.1) is 6.54 Å². The molecule has 1 fully saturated rings. The predicted molar refractivity (Wildman–Crippen MR) is 113 cm³/mol. The van der Waals surface area contributed by atoms with Crippen LogP contribution in [0.15, 0.2) is 67.0 Å². The lowest BCUT2D eigenvalue weighted by molar-refractivity contribution is 0.0890. The molecule has 5 heteroatoms. The van der Waals surface area contributed by atoms with Crippen molar-refractivity contribution in [3.63, 3.8) is 0 Å². The van der Waals surface area contributed by atoms with Gasteiger partial charge in [0.1, 0.15) is 5.82 Å².